The van der Waals surface area contributed by atoms with E-state index in [1.165, 1.54) is 0 Å². The molecule has 11 heteroatoms. The first-order valence-corrected chi connectivity index (χ1v) is 3.34. The maximum atomic E-state index is 12.6. The number of hydrogen-bond acceptors (Lipinski definition) is 1. The Hall–Kier alpha value is -1.29. The maximum absolute atomic E-state index is 12.6. The van der Waals surface area contributed by atoms with Crippen molar-refractivity contribution in [3.05, 3.63) is 11.7 Å². The maximum Gasteiger partial charge on any atom is 0.438 e. The molecule has 0 amide bonds. The first kappa shape index (κ1) is 15.7. The molecule has 1 nitrogen and oxygen atoms in total. The largest absolute Gasteiger partial charge is 0.438 e. The molecule has 0 rings (SSSR count). The number of halogens is 10. The molecule has 0 atom stereocenters. The molecule has 0 heterocycles. The van der Waals surface area contributed by atoms with Gasteiger partial charge < -0.3 is 0 Å². The highest BCUT2D eigenvalue weighted by molar-refractivity contribution is 5.85. The van der Waals surface area contributed by atoms with Gasteiger partial charge in [0, 0.05) is 0 Å². The quantitative estimate of drug-likeness (QED) is 0.429. The van der Waals surface area contributed by atoms with Crippen LogP contribution in [0.25, 0.3) is 0 Å². The van der Waals surface area contributed by atoms with Crippen LogP contribution in [0.1, 0.15) is 0 Å². The fraction of sp³-hybridized carbons (Fsp3) is 0.500. The van der Waals surface area contributed by atoms with Gasteiger partial charge in [-0.1, -0.05) is 0 Å². The van der Waals surface area contributed by atoms with E-state index in [0.717, 1.165) is 0 Å². The Balaban J connectivity index is 6.04. The minimum atomic E-state index is -6.96. The molecule has 0 aromatic heterocycles. The Morgan fingerprint density at radius 1 is 0.706 bits per heavy atom. The predicted octanol–water partition coefficient (Wildman–Crippen LogP) is 3.47. The van der Waals surface area contributed by atoms with Gasteiger partial charge in [0.1, 0.15) is 0 Å². The van der Waals surface area contributed by atoms with Crippen LogP contribution in [0.5, 0.6) is 0 Å². The molecule has 0 saturated heterocycles. The van der Waals surface area contributed by atoms with E-state index in [-0.39, 0.29) is 0 Å². The van der Waals surface area contributed by atoms with E-state index in [9.17, 15) is 48.7 Å². The molecule has 0 bridgehead atoms. The fourth-order valence-corrected chi connectivity index (χ4v) is 0.647. The molecular weight excluding hydrogens is 278 g/mol. The van der Waals surface area contributed by atoms with Crippen LogP contribution in [0.15, 0.2) is 11.7 Å². The van der Waals surface area contributed by atoms with Crippen LogP contribution >= 0.6 is 0 Å². The SMILES string of the molecule is O=C(F)C(F)=C(F)C(F)(C(F)(F)F)C(F)(F)F. The second kappa shape index (κ2) is 4.18. The van der Waals surface area contributed by atoms with Crippen LogP contribution in [-0.4, -0.2) is 24.1 Å². The van der Waals surface area contributed by atoms with E-state index in [2.05, 4.69) is 0 Å². The lowest BCUT2D eigenvalue weighted by molar-refractivity contribution is -0.331. The number of hydrogen-bond donors (Lipinski definition) is 0. The lowest BCUT2D eigenvalue weighted by Gasteiger charge is -2.28. The van der Waals surface area contributed by atoms with Crippen LogP contribution in [0.4, 0.5) is 43.9 Å². The smallest absolute Gasteiger partial charge is 0.253 e. The Labute approximate surface area is 85.7 Å². The second-order valence-corrected chi connectivity index (χ2v) is 2.56. The third-order valence-corrected chi connectivity index (χ3v) is 1.45. The van der Waals surface area contributed by atoms with Gasteiger partial charge in [0.15, 0.2) is 5.83 Å². The summed E-state index contributed by atoms with van der Waals surface area (Å²) in [6.45, 7) is 0. The molecule has 0 fully saturated rings. The van der Waals surface area contributed by atoms with Gasteiger partial charge in [-0.15, -0.1) is 0 Å². The molecule has 0 aliphatic rings. The number of carbonyl (C=O) groups is 1. The predicted molar refractivity (Wildman–Crippen MR) is 31.3 cm³/mol. The molecule has 0 spiro atoms. The highest BCUT2D eigenvalue weighted by atomic mass is 19.4. The van der Waals surface area contributed by atoms with E-state index in [1.54, 1.807) is 0 Å². The molecule has 100 valence electrons. The fourth-order valence-electron chi connectivity index (χ4n) is 0.647. The summed E-state index contributed by atoms with van der Waals surface area (Å²) in [7, 11) is 0. The van der Waals surface area contributed by atoms with Crippen molar-refractivity contribution in [2.24, 2.45) is 0 Å². The lowest BCUT2D eigenvalue weighted by atomic mass is 10.0. The van der Waals surface area contributed by atoms with Gasteiger partial charge in [-0.05, 0) is 0 Å². The van der Waals surface area contributed by atoms with Crippen molar-refractivity contribution in [3.8, 4) is 0 Å². The highest BCUT2D eigenvalue weighted by Gasteiger charge is 2.76. The van der Waals surface area contributed by atoms with Crippen molar-refractivity contribution in [3.63, 3.8) is 0 Å². The van der Waals surface area contributed by atoms with Gasteiger partial charge in [-0.2, -0.15) is 35.1 Å². The summed E-state index contributed by atoms with van der Waals surface area (Å²) in [5.74, 6) is -7.97. The van der Waals surface area contributed by atoms with Crippen LogP contribution < -0.4 is 0 Å². The van der Waals surface area contributed by atoms with Gasteiger partial charge >= 0.3 is 24.1 Å². The summed E-state index contributed by atoms with van der Waals surface area (Å²) >= 11 is 0. The lowest BCUT2D eigenvalue weighted by Crippen LogP contribution is -2.54. The van der Waals surface area contributed by atoms with Crippen LogP contribution in [0.2, 0.25) is 0 Å². The van der Waals surface area contributed by atoms with Crippen molar-refractivity contribution >= 4 is 6.04 Å². The summed E-state index contributed by atoms with van der Waals surface area (Å²) in [4.78, 5) is 9.44. The highest BCUT2D eigenvalue weighted by Crippen LogP contribution is 2.51. The van der Waals surface area contributed by atoms with E-state index >= 15 is 0 Å². The molecule has 0 aromatic carbocycles. The standard InChI is InChI=1S/C6F10O/c7-1(3(9)17)2(8)4(10,5(11,12)13)6(14,15)16. The van der Waals surface area contributed by atoms with Crippen LogP contribution in [0.3, 0.4) is 0 Å². The Morgan fingerprint density at radius 3 is 1.18 bits per heavy atom. The monoisotopic (exact) mass is 278 g/mol. The van der Waals surface area contributed by atoms with E-state index in [0.29, 0.717) is 0 Å². The zero-order valence-electron chi connectivity index (χ0n) is 7.19. The molecule has 0 N–H and O–H groups in total. The van der Waals surface area contributed by atoms with E-state index in [1.807, 2.05) is 0 Å². The van der Waals surface area contributed by atoms with Gasteiger partial charge in [0.25, 0.3) is 0 Å². The van der Waals surface area contributed by atoms with E-state index in [4.69, 9.17) is 0 Å². The minimum Gasteiger partial charge on any atom is -0.253 e. The van der Waals surface area contributed by atoms with Crippen molar-refractivity contribution in [2.45, 2.75) is 18.0 Å². The van der Waals surface area contributed by atoms with Gasteiger partial charge in [-0.3, -0.25) is 4.79 Å². The summed E-state index contributed by atoms with van der Waals surface area (Å²) < 4.78 is 119. The molecule has 17 heavy (non-hydrogen) atoms. The number of rotatable bonds is 2. The summed E-state index contributed by atoms with van der Waals surface area (Å²) in [6.07, 6.45) is -13.9. The number of alkyl halides is 7. The van der Waals surface area contributed by atoms with E-state index < -0.39 is 35.7 Å². The zero-order chi connectivity index (χ0) is 14.2. The third-order valence-electron chi connectivity index (χ3n) is 1.45. The first-order valence-electron chi connectivity index (χ1n) is 3.34. The number of carbonyl (C=O) groups excluding carboxylic acids is 1. The second-order valence-electron chi connectivity index (χ2n) is 2.56. The molecule has 0 aromatic rings. The zero-order valence-corrected chi connectivity index (χ0v) is 7.19. The Morgan fingerprint density at radius 2 is 1.00 bits per heavy atom. The molecule has 0 aliphatic heterocycles. The van der Waals surface area contributed by atoms with Gasteiger partial charge in [0.2, 0.25) is 5.83 Å². The molecule has 0 aliphatic carbocycles. The Bertz CT molecular complexity index is 333. The van der Waals surface area contributed by atoms with Crippen molar-refractivity contribution in [1.29, 1.82) is 0 Å². The van der Waals surface area contributed by atoms with Crippen molar-refractivity contribution in [2.75, 3.05) is 0 Å². The van der Waals surface area contributed by atoms with Gasteiger partial charge in [-0.25, -0.2) is 8.78 Å². The Kier molecular flexibility index (Phi) is 3.87. The normalized spacial score (nSPS) is 15.6. The summed E-state index contributed by atoms with van der Waals surface area (Å²) in [5.41, 5.74) is -6.79. The molecular formula is C6F10O. The van der Waals surface area contributed by atoms with Gasteiger partial charge in [0.05, 0.1) is 0 Å². The van der Waals surface area contributed by atoms with Crippen molar-refractivity contribution in [1.82, 2.24) is 0 Å². The summed E-state index contributed by atoms with van der Waals surface area (Å²) in [6, 6.07) is -3.60. The molecule has 0 saturated carbocycles. The minimum absolute atomic E-state index is 3.60. The molecule has 0 radical (unpaired) electrons. The average molecular weight is 278 g/mol. The topological polar surface area (TPSA) is 17.1 Å². The summed E-state index contributed by atoms with van der Waals surface area (Å²) in [5, 5.41) is 0. The first-order chi connectivity index (χ1) is 7.26. The molecule has 0 unspecified atom stereocenters. The van der Waals surface area contributed by atoms with Crippen LogP contribution in [0, 0.1) is 0 Å². The third kappa shape index (κ3) is 2.52. The average Bonchev–Trinajstić information content (AvgIpc) is 2.10. The van der Waals surface area contributed by atoms with Crippen molar-refractivity contribution < 1.29 is 48.7 Å². The number of allylic oxidation sites excluding steroid dienone is 2. The van der Waals surface area contributed by atoms with Crippen LogP contribution in [-0.2, 0) is 4.79 Å².